The summed E-state index contributed by atoms with van der Waals surface area (Å²) in [5, 5.41) is 16.2. The first kappa shape index (κ1) is 20.6. The van der Waals surface area contributed by atoms with Crippen molar-refractivity contribution in [1.82, 2.24) is 20.0 Å². The summed E-state index contributed by atoms with van der Waals surface area (Å²) in [4.78, 5) is 38.0. The first-order chi connectivity index (χ1) is 13.9. The van der Waals surface area contributed by atoms with E-state index in [1.54, 1.807) is 40.8 Å². The number of nitrogens with one attached hydrogen (secondary N) is 1. The van der Waals surface area contributed by atoms with Crippen molar-refractivity contribution in [2.45, 2.75) is 39.2 Å². The number of aromatic carboxylic acids is 1. The van der Waals surface area contributed by atoms with Crippen LogP contribution in [0.5, 0.6) is 0 Å². The molecule has 1 fully saturated rings. The highest BCUT2D eigenvalue weighted by molar-refractivity contribution is 5.99. The molecule has 1 aromatic carbocycles. The Morgan fingerprint density at radius 3 is 2.52 bits per heavy atom. The van der Waals surface area contributed by atoms with Crippen LogP contribution in [0.1, 0.15) is 69.0 Å². The highest BCUT2D eigenvalue weighted by atomic mass is 16.4. The Balaban J connectivity index is 1.65. The number of hydrogen-bond acceptors (Lipinski definition) is 4. The molecule has 2 heterocycles. The topological polar surface area (TPSA) is 105 Å². The van der Waals surface area contributed by atoms with E-state index in [4.69, 9.17) is 0 Å². The zero-order valence-corrected chi connectivity index (χ0v) is 16.7. The summed E-state index contributed by atoms with van der Waals surface area (Å²) in [6, 6.07) is 6.85. The van der Waals surface area contributed by atoms with Crippen molar-refractivity contribution >= 4 is 17.8 Å². The van der Waals surface area contributed by atoms with Crippen molar-refractivity contribution in [1.29, 1.82) is 0 Å². The number of carboxylic acid groups (broad SMARTS) is 1. The molecule has 1 aliphatic rings. The molecule has 1 aromatic heterocycles. The van der Waals surface area contributed by atoms with Crippen molar-refractivity contribution in [3.05, 3.63) is 52.8 Å². The fourth-order valence-corrected chi connectivity index (χ4v) is 3.63. The largest absolute Gasteiger partial charge is 0.478 e. The van der Waals surface area contributed by atoms with Gasteiger partial charge >= 0.3 is 5.97 Å². The number of amides is 2. The van der Waals surface area contributed by atoms with Gasteiger partial charge in [-0.3, -0.25) is 14.3 Å². The molecule has 29 heavy (non-hydrogen) atoms. The molecular weight excluding hydrogens is 372 g/mol. The lowest BCUT2D eigenvalue weighted by Gasteiger charge is -2.32. The van der Waals surface area contributed by atoms with E-state index < -0.39 is 5.97 Å². The molecule has 2 aromatic rings. The summed E-state index contributed by atoms with van der Waals surface area (Å²) in [5.74, 6) is -1.26. The molecule has 2 amide bonds. The number of piperidine rings is 1. The number of carbonyl (C=O) groups excluding carboxylic acids is 2. The summed E-state index contributed by atoms with van der Waals surface area (Å²) >= 11 is 0. The molecule has 0 radical (unpaired) electrons. The van der Waals surface area contributed by atoms with E-state index in [0.717, 1.165) is 6.42 Å². The molecule has 0 unspecified atom stereocenters. The van der Waals surface area contributed by atoms with Crippen LogP contribution < -0.4 is 5.32 Å². The van der Waals surface area contributed by atoms with E-state index in [2.05, 4.69) is 10.4 Å². The molecule has 2 N–H and O–H groups in total. The second-order valence-electron chi connectivity index (χ2n) is 7.25. The number of nitrogens with zero attached hydrogens (tertiary/aromatic N) is 3. The molecule has 0 aliphatic carbocycles. The summed E-state index contributed by atoms with van der Waals surface area (Å²) in [6.07, 6.45) is 3.63. The predicted octanol–water partition coefficient (Wildman–Crippen LogP) is 2.51. The quantitative estimate of drug-likeness (QED) is 0.778. The third-order valence-corrected chi connectivity index (χ3v) is 5.28. The third-order valence-electron chi connectivity index (χ3n) is 5.28. The van der Waals surface area contributed by atoms with Gasteiger partial charge in [-0.05, 0) is 44.4 Å². The van der Waals surface area contributed by atoms with Gasteiger partial charge in [0.1, 0.15) is 5.56 Å². The van der Waals surface area contributed by atoms with Crippen LogP contribution in [0.2, 0.25) is 0 Å². The van der Waals surface area contributed by atoms with Crippen molar-refractivity contribution in [3.63, 3.8) is 0 Å². The van der Waals surface area contributed by atoms with Crippen molar-refractivity contribution in [2.75, 3.05) is 19.6 Å². The Labute approximate surface area is 169 Å². The van der Waals surface area contributed by atoms with Gasteiger partial charge in [-0.2, -0.15) is 5.10 Å². The van der Waals surface area contributed by atoms with E-state index in [0.29, 0.717) is 49.3 Å². The first-order valence-electron chi connectivity index (χ1n) is 9.87. The van der Waals surface area contributed by atoms with Crippen molar-refractivity contribution < 1.29 is 19.5 Å². The third kappa shape index (κ3) is 4.47. The summed E-state index contributed by atoms with van der Waals surface area (Å²) in [7, 11) is 0. The van der Waals surface area contributed by atoms with Crippen LogP contribution in [0.15, 0.2) is 30.5 Å². The van der Waals surface area contributed by atoms with E-state index in [-0.39, 0.29) is 23.4 Å². The normalized spacial score (nSPS) is 14.6. The van der Waals surface area contributed by atoms with E-state index in [9.17, 15) is 19.5 Å². The summed E-state index contributed by atoms with van der Waals surface area (Å²) < 4.78 is 1.75. The predicted molar refractivity (Wildman–Crippen MR) is 107 cm³/mol. The fourth-order valence-electron chi connectivity index (χ4n) is 3.63. The van der Waals surface area contributed by atoms with Gasteiger partial charge in [-0.15, -0.1) is 0 Å². The average Bonchev–Trinajstić information content (AvgIpc) is 3.13. The Hall–Kier alpha value is -3.16. The van der Waals surface area contributed by atoms with E-state index >= 15 is 0 Å². The van der Waals surface area contributed by atoms with Crippen LogP contribution in [0, 0.1) is 6.92 Å². The van der Waals surface area contributed by atoms with Gasteiger partial charge in [-0.25, -0.2) is 4.79 Å². The van der Waals surface area contributed by atoms with Crippen LogP contribution in [-0.4, -0.2) is 57.2 Å². The van der Waals surface area contributed by atoms with Crippen LogP contribution in [0.3, 0.4) is 0 Å². The number of hydrogen-bond donors (Lipinski definition) is 2. The zero-order valence-electron chi connectivity index (χ0n) is 16.7. The van der Waals surface area contributed by atoms with Gasteiger partial charge in [-0.1, -0.05) is 13.0 Å². The minimum Gasteiger partial charge on any atom is -0.478 e. The number of aromatic nitrogens is 2. The van der Waals surface area contributed by atoms with Gasteiger partial charge in [0.25, 0.3) is 11.8 Å². The van der Waals surface area contributed by atoms with Crippen LogP contribution in [0.25, 0.3) is 0 Å². The molecule has 0 spiro atoms. The van der Waals surface area contributed by atoms with E-state index in [1.807, 2.05) is 6.92 Å². The fraction of sp³-hybridized carbons (Fsp3) is 0.429. The molecule has 3 rings (SSSR count). The molecule has 0 bridgehead atoms. The van der Waals surface area contributed by atoms with Crippen LogP contribution in [0.4, 0.5) is 0 Å². The van der Waals surface area contributed by atoms with Crippen LogP contribution >= 0.6 is 0 Å². The van der Waals surface area contributed by atoms with Gasteiger partial charge in [0.2, 0.25) is 0 Å². The molecule has 1 saturated heterocycles. The van der Waals surface area contributed by atoms with Crippen molar-refractivity contribution in [3.8, 4) is 0 Å². The first-order valence-corrected chi connectivity index (χ1v) is 9.87. The molecular formula is C21H26N4O4. The number of carbonyl (C=O) groups is 3. The SMILES string of the molecule is CCCNC(=O)c1cccc(C(=O)N2CCC(n3ncc(C(=O)O)c3C)CC2)c1. The highest BCUT2D eigenvalue weighted by Gasteiger charge is 2.27. The molecule has 8 nitrogen and oxygen atoms in total. The minimum atomic E-state index is -0.982. The second kappa shape index (κ2) is 8.89. The maximum Gasteiger partial charge on any atom is 0.339 e. The standard InChI is InChI=1S/C21H26N4O4/c1-3-9-22-19(26)15-5-4-6-16(12-15)20(27)24-10-7-17(8-11-24)25-14(2)18(13-23-25)21(28)29/h4-6,12-13,17H,3,7-11H2,1-2H3,(H,22,26)(H,28,29). The maximum absolute atomic E-state index is 12.9. The second-order valence-corrected chi connectivity index (χ2v) is 7.25. The van der Waals surface area contributed by atoms with Gasteiger partial charge in [0, 0.05) is 30.8 Å². The smallest absolute Gasteiger partial charge is 0.339 e. The lowest BCUT2D eigenvalue weighted by Crippen LogP contribution is -2.39. The highest BCUT2D eigenvalue weighted by Crippen LogP contribution is 2.25. The average molecular weight is 398 g/mol. The van der Waals surface area contributed by atoms with Crippen LogP contribution in [-0.2, 0) is 0 Å². The number of carboxylic acids is 1. The molecule has 8 heteroatoms. The molecule has 0 saturated carbocycles. The van der Waals surface area contributed by atoms with Gasteiger partial charge < -0.3 is 15.3 Å². The van der Waals surface area contributed by atoms with Gasteiger partial charge in [0.15, 0.2) is 0 Å². The minimum absolute atomic E-state index is 0.0679. The summed E-state index contributed by atoms with van der Waals surface area (Å²) in [5.41, 5.74) is 1.82. The Morgan fingerprint density at radius 2 is 1.90 bits per heavy atom. The monoisotopic (exact) mass is 398 g/mol. The molecule has 0 atom stereocenters. The van der Waals surface area contributed by atoms with Gasteiger partial charge in [0.05, 0.1) is 17.9 Å². The summed E-state index contributed by atoms with van der Waals surface area (Å²) in [6.45, 7) is 5.44. The molecule has 154 valence electrons. The van der Waals surface area contributed by atoms with E-state index in [1.165, 1.54) is 6.20 Å². The lowest BCUT2D eigenvalue weighted by atomic mass is 10.0. The Morgan fingerprint density at radius 1 is 1.21 bits per heavy atom. The molecule has 1 aliphatic heterocycles. The number of rotatable bonds is 6. The number of benzene rings is 1. The number of likely N-dealkylation sites (tertiary alicyclic amines) is 1. The zero-order chi connectivity index (χ0) is 21.0. The maximum atomic E-state index is 12.9. The lowest BCUT2D eigenvalue weighted by molar-refractivity contribution is 0.0688. The Kier molecular flexibility index (Phi) is 6.31. The van der Waals surface area contributed by atoms with Crippen molar-refractivity contribution in [2.24, 2.45) is 0 Å². The Bertz CT molecular complexity index is 913.